The molecular formula is C14H21N3O2S. The van der Waals surface area contributed by atoms with Crippen LogP contribution in [0.3, 0.4) is 0 Å². The summed E-state index contributed by atoms with van der Waals surface area (Å²) in [5.74, 6) is -0.0971. The Morgan fingerprint density at radius 1 is 1.30 bits per heavy atom. The van der Waals surface area contributed by atoms with Gasteiger partial charge < -0.3 is 5.32 Å². The van der Waals surface area contributed by atoms with Gasteiger partial charge in [-0.05, 0) is 30.7 Å². The lowest BCUT2D eigenvalue weighted by molar-refractivity contribution is 0.554. The van der Waals surface area contributed by atoms with Crippen LogP contribution in [0.4, 0.5) is 0 Å². The molecule has 0 radical (unpaired) electrons. The molecule has 0 atom stereocenters. The number of nitriles is 1. The molecule has 1 aromatic rings. The second-order valence-corrected chi connectivity index (χ2v) is 6.73. The SMILES string of the molecule is CC(C)NCCCNS(=O)(=O)Cc1cccc(C#N)c1. The van der Waals surface area contributed by atoms with Crippen molar-refractivity contribution in [2.24, 2.45) is 0 Å². The monoisotopic (exact) mass is 295 g/mol. The lowest BCUT2D eigenvalue weighted by Gasteiger charge is -2.09. The molecule has 0 saturated carbocycles. The first-order valence-electron chi connectivity index (χ1n) is 6.63. The van der Waals surface area contributed by atoms with E-state index in [1.807, 2.05) is 19.9 Å². The molecule has 0 aliphatic heterocycles. The smallest absolute Gasteiger partial charge is 0.215 e. The van der Waals surface area contributed by atoms with Crippen molar-refractivity contribution in [1.29, 1.82) is 5.26 Å². The molecule has 0 bridgehead atoms. The minimum absolute atomic E-state index is 0.0971. The molecule has 20 heavy (non-hydrogen) atoms. The van der Waals surface area contributed by atoms with Gasteiger partial charge in [0, 0.05) is 12.6 Å². The largest absolute Gasteiger partial charge is 0.314 e. The van der Waals surface area contributed by atoms with Crippen molar-refractivity contribution in [3.05, 3.63) is 35.4 Å². The van der Waals surface area contributed by atoms with E-state index >= 15 is 0 Å². The molecular weight excluding hydrogens is 274 g/mol. The molecule has 2 N–H and O–H groups in total. The van der Waals surface area contributed by atoms with Gasteiger partial charge in [0.25, 0.3) is 0 Å². The molecule has 0 amide bonds. The van der Waals surface area contributed by atoms with E-state index in [4.69, 9.17) is 5.26 Å². The highest BCUT2D eigenvalue weighted by molar-refractivity contribution is 7.88. The molecule has 0 fully saturated rings. The van der Waals surface area contributed by atoms with Crippen LogP contribution in [0.2, 0.25) is 0 Å². The highest BCUT2D eigenvalue weighted by atomic mass is 32.2. The maximum atomic E-state index is 11.9. The summed E-state index contributed by atoms with van der Waals surface area (Å²) in [4.78, 5) is 0. The Balaban J connectivity index is 2.43. The average Bonchev–Trinajstić information content (AvgIpc) is 2.37. The van der Waals surface area contributed by atoms with E-state index in [9.17, 15) is 8.42 Å². The van der Waals surface area contributed by atoms with Gasteiger partial charge in [0.15, 0.2) is 0 Å². The summed E-state index contributed by atoms with van der Waals surface area (Å²) in [6.07, 6.45) is 0.746. The topological polar surface area (TPSA) is 82.0 Å². The quantitative estimate of drug-likeness (QED) is 0.710. The molecule has 0 heterocycles. The van der Waals surface area contributed by atoms with Crippen LogP contribution in [0, 0.1) is 11.3 Å². The van der Waals surface area contributed by atoms with Crippen molar-refractivity contribution in [3.8, 4) is 6.07 Å². The number of hydrogen-bond acceptors (Lipinski definition) is 4. The maximum Gasteiger partial charge on any atom is 0.215 e. The number of nitrogens with one attached hydrogen (secondary N) is 2. The van der Waals surface area contributed by atoms with Gasteiger partial charge in [0.1, 0.15) is 0 Å². The van der Waals surface area contributed by atoms with Gasteiger partial charge in [-0.1, -0.05) is 26.0 Å². The van der Waals surface area contributed by atoms with Gasteiger partial charge in [-0.3, -0.25) is 0 Å². The standard InChI is InChI=1S/C14H21N3O2S/c1-12(2)16-7-4-8-17-20(18,19)11-14-6-3-5-13(9-14)10-15/h3,5-6,9,12,16-17H,4,7-8,11H2,1-2H3. The molecule has 0 unspecified atom stereocenters. The van der Waals surface area contributed by atoms with Crippen molar-refractivity contribution in [2.45, 2.75) is 32.1 Å². The van der Waals surface area contributed by atoms with Crippen LogP contribution in [-0.2, 0) is 15.8 Å². The van der Waals surface area contributed by atoms with Crippen molar-refractivity contribution < 1.29 is 8.42 Å². The van der Waals surface area contributed by atoms with Crippen LogP contribution in [0.25, 0.3) is 0 Å². The molecule has 6 heteroatoms. The van der Waals surface area contributed by atoms with E-state index in [2.05, 4.69) is 10.0 Å². The van der Waals surface area contributed by atoms with Crippen LogP contribution in [0.15, 0.2) is 24.3 Å². The number of sulfonamides is 1. The lowest BCUT2D eigenvalue weighted by atomic mass is 10.2. The van der Waals surface area contributed by atoms with E-state index in [1.165, 1.54) is 0 Å². The fourth-order valence-corrected chi connectivity index (χ4v) is 2.88. The predicted molar refractivity (Wildman–Crippen MR) is 79.5 cm³/mol. The average molecular weight is 295 g/mol. The van der Waals surface area contributed by atoms with Crippen molar-refractivity contribution in [1.82, 2.24) is 10.0 Å². The van der Waals surface area contributed by atoms with Crippen LogP contribution < -0.4 is 10.0 Å². The van der Waals surface area contributed by atoms with Crippen molar-refractivity contribution in [3.63, 3.8) is 0 Å². The maximum absolute atomic E-state index is 11.9. The molecule has 5 nitrogen and oxygen atoms in total. The third kappa shape index (κ3) is 6.66. The first-order chi connectivity index (χ1) is 9.43. The van der Waals surface area contributed by atoms with Gasteiger partial charge in [-0.2, -0.15) is 5.26 Å². The summed E-state index contributed by atoms with van der Waals surface area (Å²) < 4.78 is 26.3. The normalized spacial score (nSPS) is 11.5. The fourth-order valence-electron chi connectivity index (χ4n) is 1.71. The third-order valence-corrected chi connectivity index (χ3v) is 4.00. The summed E-state index contributed by atoms with van der Waals surface area (Å²) in [6, 6.07) is 9.05. The Morgan fingerprint density at radius 3 is 2.70 bits per heavy atom. The molecule has 0 spiro atoms. The Bertz CT molecular complexity index is 562. The molecule has 110 valence electrons. The predicted octanol–water partition coefficient (Wildman–Crippen LogP) is 1.37. The zero-order valence-electron chi connectivity index (χ0n) is 11.9. The number of nitrogens with zero attached hydrogens (tertiary/aromatic N) is 1. The van der Waals surface area contributed by atoms with Crippen LogP contribution >= 0.6 is 0 Å². The number of benzene rings is 1. The van der Waals surface area contributed by atoms with Crippen LogP contribution in [0.5, 0.6) is 0 Å². The van der Waals surface area contributed by atoms with Crippen molar-refractivity contribution >= 4 is 10.0 Å². The fraction of sp³-hybridized carbons (Fsp3) is 0.500. The van der Waals surface area contributed by atoms with Gasteiger partial charge in [-0.15, -0.1) is 0 Å². The van der Waals surface area contributed by atoms with E-state index in [0.29, 0.717) is 23.7 Å². The van der Waals surface area contributed by atoms with Gasteiger partial charge in [-0.25, -0.2) is 13.1 Å². The molecule has 0 aliphatic carbocycles. The second-order valence-electron chi connectivity index (χ2n) is 4.93. The molecule has 0 aromatic heterocycles. The van der Waals surface area contributed by atoms with E-state index in [1.54, 1.807) is 24.3 Å². The van der Waals surface area contributed by atoms with Crippen LogP contribution in [-0.4, -0.2) is 27.5 Å². The molecule has 0 saturated heterocycles. The van der Waals surface area contributed by atoms with Gasteiger partial charge >= 0.3 is 0 Å². The first kappa shape index (κ1) is 16.6. The summed E-state index contributed by atoms with van der Waals surface area (Å²) in [5.41, 5.74) is 1.09. The molecule has 1 aromatic carbocycles. The highest BCUT2D eigenvalue weighted by Crippen LogP contribution is 2.07. The molecule has 0 aliphatic rings. The third-order valence-electron chi connectivity index (χ3n) is 2.64. The van der Waals surface area contributed by atoms with E-state index in [0.717, 1.165) is 13.0 Å². The summed E-state index contributed by atoms with van der Waals surface area (Å²) in [6.45, 7) is 5.29. The highest BCUT2D eigenvalue weighted by Gasteiger charge is 2.11. The Kier molecular flexibility index (Phi) is 6.65. The lowest BCUT2D eigenvalue weighted by Crippen LogP contribution is -2.30. The second kappa shape index (κ2) is 8.00. The van der Waals surface area contributed by atoms with Gasteiger partial charge in [0.05, 0.1) is 17.4 Å². The van der Waals surface area contributed by atoms with E-state index < -0.39 is 10.0 Å². The number of rotatable bonds is 8. The number of hydrogen-bond donors (Lipinski definition) is 2. The van der Waals surface area contributed by atoms with Crippen LogP contribution in [0.1, 0.15) is 31.4 Å². The van der Waals surface area contributed by atoms with Crippen molar-refractivity contribution in [2.75, 3.05) is 13.1 Å². The summed E-state index contributed by atoms with van der Waals surface area (Å²) >= 11 is 0. The minimum Gasteiger partial charge on any atom is -0.314 e. The Morgan fingerprint density at radius 2 is 2.05 bits per heavy atom. The molecule has 1 rings (SSSR count). The van der Waals surface area contributed by atoms with Gasteiger partial charge in [0.2, 0.25) is 10.0 Å². The zero-order chi connectivity index (χ0) is 15.0. The summed E-state index contributed by atoms with van der Waals surface area (Å²) in [7, 11) is -3.35. The summed E-state index contributed by atoms with van der Waals surface area (Å²) in [5, 5.41) is 12.0. The first-order valence-corrected chi connectivity index (χ1v) is 8.28. The Labute approximate surface area is 121 Å². The zero-order valence-corrected chi connectivity index (χ0v) is 12.7. The minimum atomic E-state index is -3.35. The Hall–Kier alpha value is -1.42. The van der Waals surface area contributed by atoms with E-state index in [-0.39, 0.29) is 5.75 Å².